The van der Waals surface area contributed by atoms with Crippen LogP contribution in [-0.2, 0) is 17.1 Å². The molecule has 0 unspecified atom stereocenters. The number of anilines is 3. The highest BCUT2D eigenvalue weighted by Gasteiger charge is 2.23. The van der Waals surface area contributed by atoms with E-state index in [1.54, 1.807) is 25.6 Å². The van der Waals surface area contributed by atoms with Gasteiger partial charge in [-0.15, -0.1) is 0 Å². The monoisotopic (exact) mass is 429 g/mol. The van der Waals surface area contributed by atoms with Gasteiger partial charge in [-0.2, -0.15) is 10.1 Å². The Labute approximate surface area is 177 Å². The van der Waals surface area contributed by atoms with Crippen molar-refractivity contribution < 1.29 is 8.42 Å². The number of hydrogen-bond donors (Lipinski definition) is 3. The van der Waals surface area contributed by atoms with Gasteiger partial charge in [0.15, 0.2) is 0 Å². The van der Waals surface area contributed by atoms with Crippen LogP contribution in [0.15, 0.2) is 35.2 Å². The Bertz CT molecular complexity index is 1140. The molecule has 0 radical (unpaired) electrons. The molecular weight excluding hydrogens is 402 g/mol. The molecule has 0 saturated heterocycles. The van der Waals surface area contributed by atoms with Crippen molar-refractivity contribution >= 4 is 27.5 Å². The highest BCUT2D eigenvalue weighted by molar-refractivity contribution is 7.89. The molecule has 2 heterocycles. The SMILES string of the molecule is Cc1ccc(Nc2cc(C)nc(NCCNS(=O)(=O)c3c(C)nn(C)c3C)n2)cc1. The minimum absolute atomic E-state index is 0.189. The van der Waals surface area contributed by atoms with Crippen LogP contribution < -0.4 is 15.4 Å². The number of hydrogen-bond acceptors (Lipinski definition) is 7. The highest BCUT2D eigenvalue weighted by Crippen LogP contribution is 2.19. The molecule has 0 fully saturated rings. The predicted octanol–water partition coefficient (Wildman–Crippen LogP) is 2.58. The van der Waals surface area contributed by atoms with Crippen LogP contribution in [0.25, 0.3) is 0 Å². The van der Waals surface area contributed by atoms with Gasteiger partial charge in [-0.3, -0.25) is 4.68 Å². The van der Waals surface area contributed by atoms with E-state index in [0.717, 1.165) is 11.4 Å². The summed E-state index contributed by atoms with van der Waals surface area (Å²) >= 11 is 0. The van der Waals surface area contributed by atoms with Crippen LogP contribution in [0.5, 0.6) is 0 Å². The first-order chi connectivity index (χ1) is 14.2. The van der Waals surface area contributed by atoms with Gasteiger partial charge in [-0.05, 0) is 39.8 Å². The van der Waals surface area contributed by atoms with Crippen LogP contribution in [-0.4, -0.2) is 41.3 Å². The largest absolute Gasteiger partial charge is 0.353 e. The normalized spacial score (nSPS) is 11.5. The minimum atomic E-state index is -3.64. The number of nitrogens with one attached hydrogen (secondary N) is 3. The fourth-order valence-corrected chi connectivity index (χ4v) is 4.54. The van der Waals surface area contributed by atoms with Gasteiger partial charge in [-0.1, -0.05) is 17.7 Å². The molecule has 3 aromatic rings. The quantitative estimate of drug-likeness (QED) is 0.472. The Morgan fingerprint density at radius 1 is 1.00 bits per heavy atom. The van der Waals surface area contributed by atoms with Crippen molar-refractivity contribution in [3.8, 4) is 0 Å². The average Bonchev–Trinajstić information content (AvgIpc) is 2.93. The first-order valence-electron chi connectivity index (χ1n) is 9.59. The molecule has 0 aliphatic rings. The van der Waals surface area contributed by atoms with E-state index in [2.05, 4.69) is 30.4 Å². The molecule has 30 heavy (non-hydrogen) atoms. The molecule has 3 N–H and O–H groups in total. The van der Waals surface area contributed by atoms with Gasteiger partial charge >= 0.3 is 0 Å². The Morgan fingerprint density at radius 3 is 2.33 bits per heavy atom. The van der Waals surface area contributed by atoms with Gasteiger partial charge in [0, 0.05) is 37.6 Å². The summed E-state index contributed by atoms with van der Waals surface area (Å²) in [5.41, 5.74) is 3.98. The zero-order chi connectivity index (χ0) is 21.9. The third-order valence-corrected chi connectivity index (χ3v) is 6.30. The predicted molar refractivity (Wildman–Crippen MR) is 118 cm³/mol. The number of aryl methyl sites for hydroxylation is 4. The Kier molecular flexibility index (Phi) is 6.37. The van der Waals surface area contributed by atoms with E-state index >= 15 is 0 Å². The van der Waals surface area contributed by atoms with E-state index in [4.69, 9.17) is 0 Å². The molecule has 0 spiro atoms. The second kappa shape index (κ2) is 8.80. The van der Waals surface area contributed by atoms with Crippen LogP contribution in [0, 0.1) is 27.7 Å². The molecule has 3 rings (SSSR count). The molecular formula is C20H27N7O2S. The lowest BCUT2D eigenvalue weighted by Crippen LogP contribution is -2.30. The van der Waals surface area contributed by atoms with E-state index in [-0.39, 0.29) is 11.4 Å². The molecule has 0 atom stereocenters. The van der Waals surface area contributed by atoms with Crippen LogP contribution in [0.1, 0.15) is 22.6 Å². The Hall–Kier alpha value is -2.98. The molecule has 0 amide bonds. The molecule has 0 aliphatic heterocycles. The number of aromatic nitrogens is 4. The summed E-state index contributed by atoms with van der Waals surface area (Å²) in [5, 5.41) is 10.5. The molecule has 10 heteroatoms. The standard InChI is InChI=1S/C20H27N7O2S/c1-13-6-8-17(9-7-13)24-18-12-14(2)23-20(25-18)21-10-11-22-30(28,29)19-15(3)26-27(5)16(19)4/h6-9,12,22H,10-11H2,1-5H3,(H2,21,23,24,25). The maximum Gasteiger partial charge on any atom is 0.244 e. The smallest absolute Gasteiger partial charge is 0.244 e. The van der Waals surface area contributed by atoms with Crippen LogP contribution in [0.3, 0.4) is 0 Å². The lowest BCUT2D eigenvalue weighted by molar-refractivity contribution is 0.581. The van der Waals surface area contributed by atoms with Gasteiger partial charge < -0.3 is 10.6 Å². The lowest BCUT2D eigenvalue weighted by Gasteiger charge is -2.11. The van der Waals surface area contributed by atoms with Gasteiger partial charge in [0.2, 0.25) is 16.0 Å². The molecule has 0 saturated carbocycles. The molecule has 1 aromatic carbocycles. The van der Waals surface area contributed by atoms with Crippen LogP contribution in [0.4, 0.5) is 17.5 Å². The van der Waals surface area contributed by atoms with E-state index in [0.29, 0.717) is 29.7 Å². The van der Waals surface area contributed by atoms with Crippen molar-refractivity contribution in [2.24, 2.45) is 7.05 Å². The fourth-order valence-electron chi connectivity index (χ4n) is 3.07. The summed E-state index contributed by atoms with van der Waals surface area (Å²) in [5.74, 6) is 1.09. The third kappa shape index (κ3) is 5.14. The summed E-state index contributed by atoms with van der Waals surface area (Å²) < 4.78 is 29.4. The van der Waals surface area contributed by atoms with E-state index in [1.807, 2.05) is 44.2 Å². The highest BCUT2D eigenvalue weighted by atomic mass is 32.2. The zero-order valence-corrected chi connectivity index (χ0v) is 18.6. The van der Waals surface area contributed by atoms with Crippen LogP contribution >= 0.6 is 0 Å². The van der Waals surface area contributed by atoms with Gasteiger partial charge in [0.1, 0.15) is 10.7 Å². The number of sulfonamides is 1. The second-order valence-corrected chi connectivity index (χ2v) is 8.86. The minimum Gasteiger partial charge on any atom is -0.353 e. The summed E-state index contributed by atoms with van der Waals surface area (Å²) in [6.07, 6.45) is 0. The van der Waals surface area contributed by atoms with Crippen molar-refractivity contribution in [1.29, 1.82) is 0 Å². The summed E-state index contributed by atoms with van der Waals surface area (Å²) in [4.78, 5) is 9.04. The molecule has 2 aromatic heterocycles. The average molecular weight is 430 g/mol. The second-order valence-electron chi connectivity index (χ2n) is 7.16. The van der Waals surface area contributed by atoms with Crippen molar-refractivity contribution in [2.45, 2.75) is 32.6 Å². The Morgan fingerprint density at radius 2 is 1.70 bits per heavy atom. The van der Waals surface area contributed by atoms with Crippen LogP contribution in [0.2, 0.25) is 0 Å². The van der Waals surface area contributed by atoms with Gasteiger partial charge in [-0.25, -0.2) is 18.1 Å². The van der Waals surface area contributed by atoms with Gasteiger partial charge in [0.25, 0.3) is 0 Å². The zero-order valence-electron chi connectivity index (χ0n) is 17.8. The van der Waals surface area contributed by atoms with Crippen molar-refractivity contribution in [1.82, 2.24) is 24.5 Å². The number of rotatable bonds is 8. The van der Waals surface area contributed by atoms with E-state index in [1.165, 1.54) is 5.56 Å². The van der Waals surface area contributed by atoms with Gasteiger partial charge in [0.05, 0.1) is 11.4 Å². The first-order valence-corrected chi connectivity index (χ1v) is 11.1. The molecule has 0 bridgehead atoms. The molecule has 160 valence electrons. The molecule has 9 nitrogen and oxygen atoms in total. The summed E-state index contributed by atoms with van der Waals surface area (Å²) in [7, 11) is -1.92. The number of nitrogens with zero attached hydrogens (tertiary/aromatic N) is 4. The van der Waals surface area contributed by atoms with E-state index < -0.39 is 10.0 Å². The lowest BCUT2D eigenvalue weighted by atomic mass is 10.2. The summed E-state index contributed by atoms with van der Waals surface area (Å²) in [6, 6.07) is 9.86. The first kappa shape index (κ1) is 21.7. The summed E-state index contributed by atoms with van der Waals surface area (Å²) in [6.45, 7) is 7.85. The Balaban J connectivity index is 1.60. The van der Waals surface area contributed by atoms with Crippen molar-refractivity contribution in [3.63, 3.8) is 0 Å². The fraction of sp³-hybridized carbons (Fsp3) is 0.350. The topological polar surface area (TPSA) is 114 Å². The third-order valence-electron chi connectivity index (χ3n) is 4.59. The van der Waals surface area contributed by atoms with E-state index in [9.17, 15) is 8.42 Å². The molecule has 0 aliphatic carbocycles. The maximum absolute atomic E-state index is 12.6. The maximum atomic E-state index is 12.6. The van der Waals surface area contributed by atoms with Crippen molar-refractivity contribution in [3.05, 3.63) is 53.0 Å². The van der Waals surface area contributed by atoms with Crippen molar-refractivity contribution in [2.75, 3.05) is 23.7 Å². The number of benzene rings is 1.